The zero-order valence-electron chi connectivity index (χ0n) is 9.08. The van der Waals surface area contributed by atoms with E-state index in [4.69, 9.17) is 4.84 Å². The molecular weight excluding hydrogens is 202 g/mol. The lowest BCUT2D eigenvalue weighted by Crippen LogP contribution is -1.95. The number of benzene rings is 1. The van der Waals surface area contributed by atoms with Gasteiger partial charge >= 0.3 is 0 Å². The van der Waals surface area contributed by atoms with Gasteiger partial charge in [0, 0.05) is 19.4 Å². The number of hydrogen-bond donors (Lipinski definition) is 0. The molecule has 0 bridgehead atoms. The molecule has 0 radical (unpaired) electrons. The average molecular weight is 215 g/mol. The summed E-state index contributed by atoms with van der Waals surface area (Å²) in [4.78, 5) is 9.26. The molecule has 1 aromatic carbocycles. The van der Waals surface area contributed by atoms with E-state index in [1.54, 1.807) is 12.4 Å². The predicted octanol–water partition coefficient (Wildman–Crippen LogP) is 1.97. The Morgan fingerprint density at radius 3 is 2.88 bits per heavy atom. The average Bonchev–Trinajstić information content (AvgIpc) is 2.72. The Bertz CT molecular complexity index is 462. The SMILES string of the molecule is Cn1ccnc1C=NOCc1ccccc1. The lowest BCUT2D eigenvalue weighted by atomic mass is 10.2. The molecule has 4 nitrogen and oxygen atoms in total. The van der Waals surface area contributed by atoms with E-state index < -0.39 is 0 Å². The number of nitrogens with zero attached hydrogens (tertiary/aromatic N) is 3. The molecule has 1 heterocycles. The van der Waals surface area contributed by atoms with Crippen molar-refractivity contribution >= 4 is 6.21 Å². The van der Waals surface area contributed by atoms with Crippen molar-refractivity contribution in [2.75, 3.05) is 0 Å². The predicted molar refractivity (Wildman–Crippen MR) is 62.0 cm³/mol. The molecule has 0 unspecified atom stereocenters. The maximum atomic E-state index is 5.16. The summed E-state index contributed by atoms with van der Waals surface area (Å²) in [6, 6.07) is 9.91. The highest BCUT2D eigenvalue weighted by atomic mass is 16.6. The maximum Gasteiger partial charge on any atom is 0.154 e. The first-order chi connectivity index (χ1) is 7.86. The molecule has 0 atom stereocenters. The Morgan fingerprint density at radius 2 is 2.19 bits per heavy atom. The fourth-order valence-electron chi connectivity index (χ4n) is 1.27. The van der Waals surface area contributed by atoms with Crippen LogP contribution in [0.15, 0.2) is 47.9 Å². The maximum absolute atomic E-state index is 5.16. The molecule has 0 saturated heterocycles. The molecule has 2 rings (SSSR count). The van der Waals surface area contributed by atoms with Crippen LogP contribution in [0.5, 0.6) is 0 Å². The van der Waals surface area contributed by atoms with Gasteiger partial charge in [0.05, 0.1) is 0 Å². The highest BCUT2D eigenvalue weighted by Crippen LogP contribution is 2.00. The summed E-state index contributed by atoms with van der Waals surface area (Å²) in [6.45, 7) is 0.474. The summed E-state index contributed by atoms with van der Waals surface area (Å²) in [5.74, 6) is 0.771. The standard InChI is InChI=1S/C12H13N3O/c1-15-8-7-13-12(15)9-14-16-10-11-5-3-2-4-6-11/h2-9H,10H2,1H3. The lowest BCUT2D eigenvalue weighted by Gasteiger charge is -1.98. The number of rotatable bonds is 4. The van der Waals surface area contributed by atoms with Gasteiger partial charge in [-0.15, -0.1) is 0 Å². The molecule has 0 fully saturated rings. The molecule has 0 N–H and O–H groups in total. The van der Waals surface area contributed by atoms with Crippen LogP contribution in [0.1, 0.15) is 11.4 Å². The summed E-state index contributed by atoms with van der Waals surface area (Å²) in [5, 5.41) is 3.86. The van der Waals surface area contributed by atoms with Gasteiger partial charge in [0.15, 0.2) is 5.82 Å². The molecule has 0 amide bonds. The van der Waals surface area contributed by atoms with Crippen LogP contribution in [-0.4, -0.2) is 15.8 Å². The van der Waals surface area contributed by atoms with Crippen LogP contribution in [-0.2, 0) is 18.5 Å². The second-order valence-electron chi connectivity index (χ2n) is 3.39. The first kappa shape index (κ1) is 10.4. The van der Waals surface area contributed by atoms with Gasteiger partial charge in [0.25, 0.3) is 0 Å². The van der Waals surface area contributed by atoms with Crippen molar-refractivity contribution in [2.24, 2.45) is 12.2 Å². The van der Waals surface area contributed by atoms with Crippen molar-refractivity contribution in [3.8, 4) is 0 Å². The van der Waals surface area contributed by atoms with Gasteiger partial charge in [0.2, 0.25) is 0 Å². The van der Waals surface area contributed by atoms with Gasteiger partial charge in [-0.1, -0.05) is 35.5 Å². The van der Waals surface area contributed by atoms with Gasteiger partial charge in [-0.25, -0.2) is 4.98 Å². The smallest absolute Gasteiger partial charge is 0.154 e. The molecule has 4 heteroatoms. The van der Waals surface area contributed by atoms with Crippen LogP contribution in [0.3, 0.4) is 0 Å². The van der Waals surface area contributed by atoms with Gasteiger partial charge in [-0.05, 0) is 5.56 Å². The normalized spacial score (nSPS) is 10.8. The van der Waals surface area contributed by atoms with Crippen molar-refractivity contribution in [3.05, 3.63) is 54.1 Å². The number of aromatic nitrogens is 2. The van der Waals surface area contributed by atoms with E-state index >= 15 is 0 Å². The van der Waals surface area contributed by atoms with Gasteiger partial charge in [-0.3, -0.25) is 0 Å². The van der Waals surface area contributed by atoms with E-state index in [0.717, 1.165) is 11.4 Å². The van der Waals surface area contributed by atoms with Crippen LogP contribution in [0.2, 0.25) is 0 Å². The minimum atomic E-state index is 0.474. The first-order valence-corrected chi connectivity index (χ1v) is 5.03. The van der Waals surface area contributed by atoms with Crippen molar-refractivity contribution in [1.82, 2.24) is 9.55 Å². The van der Waals surface area contributed by atoms with Crippen molar-refractivity contribution in [1.29, 1.82) is 0 Å². The molecule has 0 saturated carbocycles. The van der Waals surface area contributed by atoms with Crippen LogP contribution in [0, 0.1) is 0 Å². The number of oxime groups is 1. The molecule has 2 aromatic rings. The Kier molecular flexibility index (Phi) is 3.33. The van der Waals surface area contributed by atoms with E-state index in [2.05, 4.69) is 10.1 Å². The molecule has 82 valence electrons. The van der Waals surface area contributed by atoms with Gasteiger partial charge in [-0.2, -0.15) is 0 Å². The summed E-state index contributed by atoms with van der Waals surface area (Å²) in [7, 11) is 1.91. The molecule has 1 aromatic heterocycles. The highest BCUT2D eigenvalue weighted by Gasteiger charge is 1.93. The minimum absolute atomic E-state index is 0.474. The Balaban J connectivity index is 1.85. The number of imidazole rings is 1. The van der Waals surface area contributed by atoms with Gasteiger partial charge < -0.3 is 9.40 Å². The fourth-order valence-corrected chi connectivity index (χ4v) is 1.27. The third-order valence-corrected chi connectivity index (χ3v) is 2.18. The second-order valence-corrected chi connectivity index (χ2v) is 3.39. The Labute approximate surface area is 94.2 Å². The van der Waals surface area contributed by atoms with E-state index in [9.17, 15) is 0 Å². The highest BCUT2D eigenvalue weighted by molar-refractivity contribution is 5.74. The third-order valence-electron chi connectivity index (χ3n) is 2.18. The Hall–Kier alpha value is -2.10. The van der Waals surface area contributed by atoms with Gasteiger partial charge in [0.1, 0.15) is 12.8 Å². The molecule has 0 aliphatic carbocycles. The zero-order valence-corrected chi connectivity index (χ0v) is 9.08. The molecule has 0 aliphatic rings. The second kappa shape index (κ2) is 5.11. The Morgan fingerprint density at radius 1 is 1.38 bits per heavy atom. The van der Waals surface area contributed by atoms with Crippen LogP contribution in [0.4, 0.5) is 0 Å². The van der Waals surface area contributed by atoms with Crippen LogP contribution in [0.25, 0.3) is 0 Å². The fraction of sp³-hybridized carbons (Fsp3) is 0.167. The molecule has 0 aliphatic heterocycles. The topological polar surface area (TPSA) is 39.4 Å². The first-order valence-electron chi connectivity index (χ1n) is 5.03. The van der Waals surface area contributed by atoms with Crippen molar-refractivity contribution < 1.29 is 4.84 Å². The minimum Gasteiger partial charge on any atom is -0.391 e. The molecule has 0 spiro atoms. The number of aryl methyl sites for hydroxylation is 1. The lowest BCUT2D eigenvalue weighted by molar-refractivity contribution is 0.132. The summed E-state index contributed by atoms with van der Waals surface area (Å²) in [6.07, 6.45) is 5.18. The van der Waals surface area contributed by atoms with E-state index in [1.807, 2.05) is 48.1 Å². The summed E-state index contributed by atoms with van der Waals surface area (Å²) >= 11 is 0. The van der Waals surface area contributed by atoms with Crippen molar-refractivity contribution in [3.63, 3.8) is 0 Å². The van der Waals surface area contributed by atoms with E-state index in [0.29, 0.717) is 6.61 Å². The largest absolute Gasteiger partial charge is 0.391 e. The third kappa shape index (κ3) is 2.70. The summed E-state index contributed by atoms with van der Waals surface area (Å²) < 4.78 is 1.87. The van der Waals surface area contributed by atoms with E-state index in [-0.39, 0.29) is 0 Å². The molecule has 16 heavy (non-hydrogen) atoms. The van der Waals surface area contributed by atoms with Crippen LogP contribution < -0.4 is 0 Å². The quantitative estimate of drug-likeness (QED) is 0.577. The zero-order chi connectivity index (χ0) is 11.2. The van der Waals surface area contributed by atoms with E-state index in [1.165, 1.54) is 0 Å². The van der Waals surface area contributed by atoms with Crippen molar-refractivity contribution in [2.45, 2.75) is 6.61 Å². The number of hydrogen-bond acceptors (Lipinski definition) is 3. The molecular formula is C12H13N3O. The summed E-state index contributed by atoms with van der Waals surface area (Å²) in [5.41, 5.74) is 1.10. The van der Waals surface area contributed by atoms with Crippen LogP contribution >= 0.6 is 0 Å². The monoisotopic (exact) mass is 215 g/mol.